The number of nitrogens with one attached hydrogen (secondary N) is 1. The molecule has 1 aromatic heterocycles. The third-order valence-electron chi connectivity index (χ3n) is 3.51. The number of thiophene rings is 1. The number of halogens is 2. The fourth-order valence-corrected chi connectivity index (χ4v) is 4.29. The predicted molar refractivity (Wildman–Crippen MR) is 91.4 cm³/mol. The van der Waals surface area contributed by atoms with E-state index in [2.05, 4.69) is 48.1 Å². The topological polar surface area (TPSA) is 12.0 Å². The zero-order valence-corrected chi connectivity index (χ0v) is 15.3. The molecule has 0 saturated carbocycles. The molecule has 1 aromatic rings. The summed E-state index contributed by atoms with van der Waals surface area (Å²) < 4.78 is 1.89. The molecule has 0 aromatic carbocycles. The first-order chi connectivity index (χ1) is 9.13. The first kappa shape index (κ1) is 17.5. The first-order valence-electron chi connectivity index (χ1n) is 7.32. The molecule has 4 heteroatoms. The first-order valence-corrected chi connectivity index (χ1v) is 9.30. The molecule has 0 aliphatic rings. The highest BCUT2D eigenvalue weighted by molar-refractivity contribution is 9.10. The van der Waals surface area contributed by atoms with E-state index in [-0.39, 0.29) is 0 Å². The SMILES string of the molecule is CCCCC(CC)C(NCCC)c1cc(Br)c(Cl)s1. The normalized spacial score (nSPS) is 14.6. The summed E-state index contributed by atoms with van der Waals surface area (Å²) in [7, 11) is 0. The number of hydrogen-bond acceptors (Lipinski definition) is 2. The second kappa shape index (κ2) is 9.38. The Labute approximate surface area is 135 Å². The van der Waals surface area contributed by atoms with Crippen LogP contribution in [0.25, 0.3) is 0 Å². The van der Waals surface area contributed by atoms with E-state index in [1.54, 1.807) is 11.3 Å². The van der Waals surface area contributed by atoms with Crippen molar-refractivity contribution >= 4 is 38.9 Å². The molecule has 0 radical (unpaired) electrons. The Hall–Kier alpha value is 0.430. The van der Waals surface area contributed by atoms with Gasteiger partial charge in [0.25, 0.3) is 0 Å². The van der Waals surface area contributed by atoms with Crippen molar-refractivity contribution in [3.63, 3.8) is 0 Å². The van der Waals surface area contributed by atoms with Crippen molar-refractivity contribution in [1.29, 1.82) is 0 Å². The predicted octanol–water partition coefficient (Wildman–Crippen LogP) is 6.42. The molecule has 0 bridgehead atoms. The highest BCUT2D eigenvalue weighted by Gasteiger charge is 2.23. The minimum Gasteiger partial charge on any atom is -0.309 e. The van der Waals surface area contributed by atoms with Crippen molar-refractivity contribution in [2.75, 3.05) is 6.54 Å². The van der Waals surface area contributed by atoms with Gasteiger partial charge in [-0.25, -0.2) is 0 Å². The zero-order valence-electron chi connectivity index (χ0n) is 12.1. The fourth-order valence-electron chi connectivity index (χ4n) is 2.39. The minimum absolute atomic E-state index is 0.449. The van der Waals surface area contributed by atoms with Gasteiger partial charge in [-0.3, -0.25) is 0 Å². The van der Waals surface area contributed by atoms with Crippen molar-refractivity contribution in [2.45, 2.75) is 58.9 Å². The summed E-state index contributed by atoms with van der Waals surface area (Å²) in [5, 5.41) is 3.72. The van der Waals surface area contributed by atoms with Gasteiger partial charge in [0.2, 0.25) is 0 Å². The molecule has 1 heterocycles. The van der Waals surface area contributed by atoms with Gasteiger partial charge in [0.05, 0.1) is 0 Å². The summed E-state index contributed by atoms with van der Waals surface area (Å²) in [6.45, 7) is 7.85. The Morgan fingerprint density at radius 3 is 2.53 bits per heavy atom. The molecule has 2 unspecified atom stereocenters. The molecule has 0 fully saturated rings. The van der Waals surface area contributed by atoms with Gasteiger partial charge in [0, 0.05) is 15.4 Å². The van der Waals surface area contributed by atoms with Crippen molar-refractivity contribution in [3.8, 4) is 0 Å². The van der Waals surface area contributed by atoms with Crippen LogP contribution in [0.3, 0.4) is 0 Å². The van der Waals surface area contributed by atoms with Crippen LogP contribution >= 0.6 is 38.9 Å². The van der Waals surface area contributed by atoms with Gasteiger partial charge < -0.3 is 5.32 Å². The quantitative estimate of drug-likeness (QED) is 0.531. The van der Waals surface area contributed by atoms with Gasteiger partial charge in [-0.05, 0) is 47.3 Å². The smallest absolute Gasteiger partial charge is 0.107 e. The van der Waals surface area contributed by atoms with Crippen LogP contribution in [0.1, 0.15) is 63.8 Å². The fraction of sp³-hybridized carbons (Fsp3) is 0.733. The third-order valence-corrected chi connectivity index (χ3v) is 6.07. The van der Waals surface area contributed by atoms with E-state index in [1.807, 2.05) is 0 Å². The lowest BCUT2D eigenvalue weighted by Gasteiger charge is -2.26. The highest BCUT2D eigenvalue weighted by Crippen LogP contribution is 2.39. The van der Waals surface area contributed by atoms with Gasteiger partial charge in [-0.1, -0.05) is 51.6 Å². The second-order valence-corrected chi connectivity index (χ2v) is 7.55. The van der Waals surface area contributed by atoms with Crippen molar-refractivity contribution < 1.29 is 0 Å². The monoisotopic (exact) mass is 365 g/mol. The molecule has 0 aliphatic heterocycles. The summed E-state index contributed by atoms with van der Waals surface area (Å²) in [4.78, 5) is 1.37. The molecule has 0 aliphatic carbocycles. The maximum atomic E-state index is 6.20. The van der Waals surface area contributed by atoms with Gasteiger partial charge in [0.1, 0.15) is 4.34 Å². The van der Waals surface area contributed by atoms with Gasteiger partial charge in [0.15, 0.2) is 0 Å². The van der Waals surface area contributed by atoms with Crippen LogP contribution in [0.2, 0.25) is 4.34 Å². The van der Waals surface area contributed by atoms with E-state index in [0.717, 1.165) is 15.4 Å². The molecule has 0 spiro atoms. The average Bonchev–Trinajstić information content (AvgIpc) is 2.73. The molecule has 0 saturated heterocycles. The molecule has 1 N–H and O–H groups in total. The summed E-state index contributed by atoms with van der Waals surface area (Å²) in [5.74, 6) is 0.702. The number of hydrogen-bond donors (Lipinski definition) is 1. The third kappa shape index (κ3) is 5.37. The molecule has 1 nitrogen and oxygen atoms in total. The van der Waals surface area contributed by atoms with Gasteiger partial charge >= 0.3 is 0 Å². The molecular formula is C15H25BrClNS. The van der Waals surface area contributed by atoms with Crippen LogP contribution in [-0.2, 0) is 0 Å². The lowest BCUT2D eigenvalue weighted by Crippen LogP contribution is -2.28. The van der Waals surface area contributed by atoms with Crippen LogP contribution in [0.4, 0.5) is 0 Å². The van der Waals surface area contributed by atoms with E-state index in [4.69, 9.17) is 11.6 Å². The summed E-state index contributed by atoms with van der Waals surface area (Å²) in [5.41, 5.74) is 0. The molecule has 19 heavy (non-hydrogen) atoms. The van der Waals surface area contributed by atoms with Crippen LogP contribution in [0.15, 0.2) is 10.5 Å². The van der Waals surface area contributed by atoms with E-state index in [0.29, 0.717) is 12.0 Å². The molecule has 110 valence electrons. The van der Waals surface area contributed by atoms with Gasteiger partial charge in [-0.15, -0.1) is 11.3 Å². The van der Waals surface area contributed by atoms with Crippen LogP contribution in [-0.4, -0.2) is 6.54 Å². The average molecular weight is 367 g/mol. The number of rotatable bonds is 9. The molecular weight excluding hydrogens is 342 g/mol. The lowest BCUT2D eigenvalue weighted by atomic mass is 9.90. The minimum atomic E-state index is 0.449. The Morgan fingerprint density at radius 2 is 2.05 bits per heavy atom. The Morgan fingerprint density at radius 1 is 1.32 bits per heavy atom. The van der Waals surface area contributed by atoms with Crippen LogP contribution < -0.4 is 5.32 Å². The van der Waals surface area contributed by atoms with E-state index in [9.17, 15) is 0 Å². The van der Waals surface area contributed by atoms with E-state index >= 15 is 0 Å². The second-order valence-electron chi connectivity index (χ2n) is 5.01. The maximum Gasteiger partial charge on any atom is 0.107 e. The van der Waals surface area contributed by atoms with Crippen molar-refractivity contribution in [1.82, 2.24) is 5.32 Å². The van der Waals surface area contributed by atoms with Crippen LogP contribution in [0, 0.1) is 5.92 Å². The van der Waals surface area contributed by atoms with Crippen LogP contribution in [0.5, 0.6) is 0 Å². The Kier molecular flexibility index (Phi) is 8.63. The Balaban J connectivity index is 2.84. The number of unbranched alkanes of at least 4 members (excludes halogenated alkanes) is 1. The Bertz CT molecular complexity index is 348. The molecule has 1 rings (SSSR count). The van der Waals surface area contributed by atoms with E-state index < -0.39 is 0 Å². The molecule has 2 atom stereocenters. The largest absolute Gasteiger partial charge is 0.309 e. The van der Waals surface area contributed by atoms with Gasteiger partial charge in [-0.2, -0.15) is 0 Å². The lowest BCUT2D eigenvalue weighted by molar-refractivity contribution is 0.327. The summed E-state index contributed by atoms with van der Waals surface area (Å²) in [6.07, 6.45) is 6.26. The van der Waals surface area contributed by atoms with Crippen molar-refractivity contribution in [3.05, 3.63) is 19.8 Å². The zero-order chi connectivity index (χ0) is 14.3. The standard InChI is InChI=1S/C15H25BrClNS/c1-4-7-8-11(6-3)14(18-9-5-2)13-10-12(16)15(17)19-13/h10-11,14,18H,4-9H2,1-3H3. The summed E-state index contributed by atoms with van der Waals surface area (Å²) >= 11 is 11.4. The van der Waals surface area contributed by atoms with E-state index in [1.165, 1.54) is 37.0 Å². The van der Waals surface area contributed by atoms with Crippen molar-refractivity contribution in [2.24, 2.45) is 5.92 Å². The summed E-state index contributed by atoms with van der Waals surface area (Å²) in [6, 6.07) is 2.64. The molecule has 0 amide bonds. The maximum absolute atomic E-state index is 6.20. The highest BCUT2D eigenvalue weighted by atomic mass is 79.9.